The van der Waals surface area contributed by atoms with E-state index >= 15 is 0 Å². The number of carbonyl (C=O) groups excluding carboxylic acids is 1. The minimum absolute atomic E-state index is 0.147. The zero-order valence-electron chi connectivity index (χ0n) is 13.1. The summed E-state index contributed by atoms with van der Waals surface area (Å²) in [5.74, 6) is 0.0499. The van der Waals surface area contributed by atoms with E-state index in [2.05, 4.69) is 10.0 Å². The first-order valence-electron chi connectivity index (χ1n) is 7.18. The zero-order chi connectivity index (χ0) is 16.9. The Morgan fingerprint density at radius 2 is 2.00 bits per heavy atom. The Balaban J connectivity index is 1.86. The van der Waals surface area contributed by atoms with Crippen LogP contribution in [-0.4, -0.2) is 20.9 Å². The summed E-state index contributed by atoms with van der Waals surface area (Å²) in [5, 5.41) is 2.58. The summed E-state index contributed by atoms with van der Waals surface area (Å²) in [6, 6.07) is 9.10. The molecule has 1 amide bonds. The van der Waals surface area contributed by atoms with Gasteiger partial charge >= 0.3 is 0 Å². The highest BCUT2D eigenvalue weighted by atomic mass is 32.2. The lowest BCUT2D eigenvalue weighted by atomic mass is 10.1. The highest BCUT2D eigenvalue weighted by Crippen LogP contribution is 2.13. The first-order chi connectivity index (χ1) is 10.9. The van der Waals surface area contributed by atoms with Gasteiger partial charge in [0.2, 0.25) is 15.9 Å². The van der Waals surface area contributed by atoms with Crippen molar-refractivity contribution in [2.75, 3.05) is 6.54 Å². The summed E-state index contributed by atoms with van der Waals surface area (Å²) in [7, 11) is -3.58. The smallest absolute Gasteiger partial charge is 0.235 e. The molecule has 0 radical (unpaired) electrons. The minimum atomic E-state index is -3.58. The Hall–Kier alpha value is -2.12. The minimum Gasteiger partial charge on any atom is -0.467 e. The highest BCUT2D eigenvalue weighted by molar-refractivity contribution is 7.88. The second kappa shape index (κ2) is 7.43. The van der Waals surface area contributed by atoms with Crippen LogP contribution in [0.4, 0.5) is 0 Å². The quantitative estimate of drug-likeness (QED) is 0.804. The van der Waals surface area contributed by atoms with E-state index in [9.17, 15) is 13.2 Å². The molecular weight excluding hydrogens is 316 g/mol. The Morgan fingerprint density at radius 1 is 1.22 bits per heavy atom. The standard InChI is InChI=1S/C16H20N2O4S/c1-12-5-6-13(2)14(8-12)11-23(20,21)18-10-16(19)17-9-15-4-3-7-22-15/h3-8,18H,9-11H2,1-2H3,(H,17,19). The van der Waals surface area contributed by atoms with E-state index in [1.165, 1.54) is 6.26 Å². The fourth-order valence-corrected chi connectivity index (χ4v) is 3.22. The van der Waals surface area contributed by atoms with Crippen LogP contribution in [-0.2, 0) is 27.1 Å². The maximum Gasteiger partial charge on any atom is 0.235 e. The van der Waals surface area contributed by atoms with Gasteiger partial charge in [-0.25, -0.2) is 13.1 Å². The SMILES string of the molecule is Cc1ccc(C)c(CS(=O)(=O)NCC(=O)NCc2ccco2)c1. The van der Waals surface area contributed by atoms with Crippen LogP contribution in [0.2, 0.25) is 0 Å². The third kappa shape index (κ3) is 5.54. The number of furan rings is 1. The molecule has 2 N–H and O–H groups in total. The monoisotopic (exact) mass is 336 g/mol. The molecule has 124 valence electrons. The molecule has 6 nitrogen and oxygen atoms in total. The van der Waals surface area contributed by atoms with E-state index < -0.39 is 15.9 Å². The van der Waals surface area contributed by atoms with Crippen molar-refractivity contribution < 1.29 is 17.6 Å². The summed E-state index contributed by atoms with van der Waals surface area (Å²) in [6.07, 6.45) is 1.51. The summed E-state index contributed by atoms with van der Waals surface area (Å²) < 4.78 is 31.6. The van der Waals surface area contributed by atoms with E-state index in [0.717, 1.165) is 16.7 Å². The van der Waals surface area contributed by atoms with Crippen LogP contribution in [0.3, 0.4) is 0 Å². The summed E-state index contributed by atoms with van der Waals surface area (Å²) in [4.78, 5) is 11.7. The molecule has 2 rings (SSSR count). The van der Waals surface area contributed by atoms with Crippen molar-refractivity contribution in [2.45, 2.75) is 26.1 Å². The molecule has 1 heterocycles. The summed E-state index contributed by atoms with van der Waals surface area (Å²) in [6.45, 7) is 3.70. The van der Waals surface area contributed by atoms with Crippen LogP contribution < -0.4 is 10.0 Å². The molecule has 0 saturated heterocycles. The van der Waals surface area contributed by atoms with Gasteiger partial charge < -0.3 is 9.73 Å². The van der Waals surface area contributed by atoms with Crippen molar-refractivity contribution in [3.05, 3.63) is 59.0 Å². The van der Waals surface area contributed by atoms with E-state index in [1.807, 2.05) is 32.0 Å². The predicted molar refractivity (Wildman–Crippen MR) is 87.1 cm³/mol. The van der Waals surface area contributed by atoms with Crippen molar-refractivity contribution in [1.29, 1.82) is 0 Å². The number of rotatable bonds is 7. The Bertz CT molecular complexity index is 767. The van der Waals surface area contributed by atoms with Gasteiger partial charge in [-0.3, -0.25) is 4.79 Å². The summed E-state index contributed by atoms with van der Waals surface area (Å²) in [5.41, 5.74) is 2.63. The van der Waals surface area contributed by atoms with E-state index in [1.54, 1.807) is 12.1 Å². The number of amides is 1. The largest absolute Gasteiger partial charge is 0.467 e. The van der Waals surface area contributed by atoms with Crippen molar-refractivity contribution in [3.8, 4) is 0 Å². The molecule has 2 aromatic rings. The Kier molecular flexibility index (Phi) is 5.57. The van der Waals surface area contributed by atoms with Crippen LogP contribution in [0.25, 0.3) is 0 Å². The molecular formula is C16H20N2O4S. The van der Waals surface area contributed by atoms with Crippen LogP contribution in [0, 0.1) is 13.8 Å². The van der Waals surface area contributed by atoms with E-state index in [-0.39, 0.29) is 18.8 Å². The molecule has 0 aliphatic carbocycles. The molecule has 1 aromatic heterocycles. The van der Waals surface area contributed by atoms with Crippen molar-refractivity contribution in [1.82, 2.24) is 10.0 Å². The number of sulfonamides is 1. The van der Waals surface area contributed by atoms with Crippen LogP contribution in [0.1, 0.15) is 22.5 Å². The molecule has 1 aromatic carbocycles. The first-order valence-corrected chi connectivity index (χ1v) is 8.83. The van der Waals surface area contributed by atoms with Crippen molar-refractivity contribution >= 4 is 15.9 Å². The molecule has 0 bridgehead atoms. The molecule has 7 heteroatoms. The maximum atomic E-state index is 12.1. The lowest BCUT2D eigenvalue weighted by Crippen LogP contribution is -2.37. The molecule has 23 heavy (non-hydrogen) atoms. The van der Waals surface area contributed by atoms with Crippen molar-refractivity contribution in [3.63, 3.8) is 0 Å². The van der Waals surface area contributed by atoms with Crippen LogP contribution in [0.15, 0.2) is 41.0 Å². The van der Waals surface area contributed by atoms with Gasteiger partial charge in [0.25, 0.3) is 0 Å². The number of nitrogens with one attached hydrogen (secondary N) is 2. The van der Waals surface area contributed by atoms with Gasteiger partial charge in [0, 0.05) is 0 Å². The average Bonchev–Trinajstić information content (AvgIpc) is 3.00. The third-order valence-corrected chi connectivity index (χ3v) is 4.62. The van der Waals surface area contributed by atoms with Gasteiger partial charge in [-0.2, -0.15) is 0 Å². The molecule has 0 aliphatic heterocycles. The molecule has 0 spiro atoms. The molecule has 0 unspecified atom stereocenters. The zero-order valence-corrected chi connectivity index (χ0v) is 13.9. The van der Waals surface area contributed by atoms with E-state index in [0.29, 0.717) is 5.76 Å². The van der Waals surface area contributed by atoms with Crippen LogP contribution >= 0.6 is 0 Å². The van der Waals surface area contributed by atoms with Gasteiger partial charge in [-0.15, -0.1) is 0 Å². The molecule has 0 saturated carbocycles. The average molecular weight is 336 g/mol. The third-order valence-electron chi connectivity index (χ3n) is 3.34. The molecule has 0 aliphatic rings. The Morgan fingerprint density at radius 3 is 2.70 bits per heavy atom. The second-order valence-electron chi connectivity index (χ2n) is 5.37. The number of hydrogen-bond donors (Lipinski definition) is 2. The topological polar surface area (TPSA) is 88.4 Å². The number of carbonyl (C=O) groups is 1. The lowest BCUT2D eigenvalue weighted by Gasteiger charge is -2.10. The van der Waals surface area contributed by atoms with Gasteiger partial charge in [0.15, 0.2) is 0 Å². The van der Waals surface area contributed by atoms with E-state index in [4.69, 9.17) is 4.42 Å². The highest BCUT2D eigenvalue weighted by Gasteiger charge is 2.15. The maximum absolute atomic E-state index is 12.1. The molecule has 0 atom stereocenters. The Labute approximate surface area is 135 Å². The fraction of sp³-hybridized carbons (Fsp3) is 0.312. The van der Waals surface area contributed by atoms with Gasteiger partial charge in [-0.1, -0.05) is 23.8 Å². The number of benzene rings is 1. The van der Waals surface area contributed by atoms with Crippen LogP contribution in [0.5, 0.6) is 0 Å². The lowest BCUT2D eigenvalue weighted by molar-refractivity contribution is -0.120. The molecule has 0 fully saturated rings. The fourth-order valence-electron chi connectivity index (χ4n) is 2.05. The normalized spacial score (nSPS) is 11.4. The van der Waals surface area contributed by atoms with Gasteiger partial charge in [-0.05, 0) is 37.1 Å². The van der Waals surface area contributed by atoms with Crippen molar-refractivity contribution in [2.24, 2.45) is 0 Å². The number of aryl methyl sites for hydroxylation is 2. The second-order valence-corrected chi connectivity index (χ2v) is 7.17. The van der Waals surface area contributed by atoms with Gasteiger partial charge in [0.05, 0.1) is 25.1 Å². The predicted octanol–water partition coefficient (Wildman–Crippen LogP) is 1.63. The van der Waals surface area contributed by atoms with Gasteiger partial charge in [0.1, 0.15) is 5.76 Å². The number of hydrogen-bond acceptors (Lipinski definition) is 4. The first kappa shape index (κ1) is 17.2. The summed E-state index contributed by atoms with van der Waals surface area (Å²) >= 11 is 0.